The minimum absolute atomic E-state index is 0.630. The van der Waals surface area contributed by atoms with Crippen molar-refractivity contribution >= 4 is 11.3 Å². The van der Waals surface area contributed by atoms with Crippen LogP contribution in [0.3, 0.4) is 0 Å². The van der Waals surface area contributed by atoms with Crippen molar-refractivity contribution in [2.24, 2.45) is 0 Å². The minimum atomic E-state index is 0.630. The van der Waals surface area contributed by atoms with Gasteiger partial charge in [0, 0.05) is 30.4 Å². The molecule has 1 N–H and O–H groups in total. The van der Waals surface area contributed by atoms with Gasteiger partial charge in [0.1, 0.15) is 0 Å². The fourth-order valence-corrected chi connectivity index (χ4v) is 3.66. The van der Waals surface area contributed by atoms with Crippen molar-refractivity contribution in [1.82, 2.24) is 10.3 Å². The Morgan fingerprint density at radius 1 is 1.44 bits per heavy atom. The lowest BCUT2D eigenvalue weighted by molar-refractivity contribution is 0.151. The van der Waals surface area contributed by atoms with Crippen molar-refractivity contribution in [2.75, 3.05) is 26.3 Å². The van der Waals surface area contributed by atoms with Crippen LogP contribution in [-0.4, -0.2) is 31.3 Å². The highest BCUT2D eigenvalue weighted by molar-refractivity contribution is 7.11. The molecule has 1 atom stereocenters. The maximum atomic E-state index is 5.42. The molecule has 0 spiro atoms. The Labute approximate surface area is 114 Å². The molecular weight excluding hydrogens is 244 g/mol. The average molecular weight is 268 g/mol. The zero-order chi connectivity index (χ0) is 12.8. The van der Waals surface area contributed by atoms with Gasteiger partial charge in [-0.3, -0.25) is 0 Å². The topological polar surface area (TPSA) is 34.1 Å². The van der Waals surface area contributed by atoms with Crippen LogP contribution in [0.5, 0.6) is 0 Å². The summed E-state index contributed by atoms with van der Waals surface area (Å²) >= 11 is 1.90. The van der Waals surface area contributed by atoms with Gasteiger partial charge < -0.3 is 10.1 Å². The number of thiazole rings is 1. The van der Waals surface area contributed by atoms with Gasteiger partial charge in [-0.1, -0.05) is 6.92 Å². The van der Waals surface area contributed by atoms with Crippen molar-refractivity contribution in [3.63, 3.8) is 0 Å². The maximum absolute atomic E-state index is 5.42. The summed E-state index contributed by atoms with van der Waals surface area (Å²) in [7, 11) is 0. The van der Waals surface area contributed by atoms with Crippen LogP contribution in [0, 0.1) is 0 Å². The quantitative estimate of drug-likeness (QED) is 0.772. The lowest BCUT2D eigenvalue weighted by Gasteiger charge is -2.21. The summed E-state index contributed by atoms with van der Waals surface area (Å²) in [5, 5.41) is 4.72. The fourth-order valence-electron chi connectivity index (χ4n) is 2.49. The molecule has 1 heterocycles. The van der Waals surface area contributed by atoms with E-state index in [1.165, 1.54) is 34.8 Å². The second kappa shape index (κ2) is 7.22. The highest BCUT2D eigenvalue weighted by atomic mass is 32.1. The Balaban J connectivity index is 1.98. The van der Waals surface area contributed by atoms with Gasteiger partial charge in [-0.25, -0.2) is 4.98 Å². The van der Waals surface area contributed by atoms with Crippen molar-refractivity contribution in [1.29, 1.82) is 0 Å². The largest absolute Gasteiger partial charge is 0.381 e. The molecule has 4 heteroatoms. The molecule has 0 bridgehead atoms. The third-order valence-electron chi connectivity index (χ3n) is 3.42. The Kier molecular flexibility index (Phi) is 5.60. The van der Waals surface area contributed by atoms with Crippen molar-refractivity contribution in [3.8, 4) is 0 Å². The molecule has 3 nitrogen and oxygen atoms in total. The number of hydrogen-bond acceptors (Lipinski definition) is 4. The van der Waals surface area contributed by atoms with E-state index in [4.69, 9.17) is 9.72 Å². The summed E-state index contributed by atoms with van der Waals surface area (Å²) in [4.78, 5) is 6.38. The van der Waals surface area contributed by atoms with Crippen LogP contribution in [0.2, 0.25) is 0 Å². The second-order valence-corrected chi connectivity index (χ2v) is 5.93. The van der Waals surface area contributed by atoms with Gasteiger partial charge in [0.15, 0.2) is 0 Å². The molecule has 0 radical (unpaired) electrons. The number of ether oxygens (including phenoxy) is 1. The third-order valence-corrected chi connectivity index (χ3v) is 4.61. The maximum Gasteiger partial charge on any atom is 0.0954 e. The van der Waals surface area contributed by atoms with Crippen molar-refractivity contribution < 1.29 is 4.74 Å². The van der Waals surface area contributed by atoms with Gasteiger partial charge in [-0.05, 0) is 32.7 Å². The number of rotatable bonds is 7. The first-order valence-electron chi connectivity index (χ1n) is 7.12. The molecule has 1 aliphatic carbocycles. The van der Waals surface area contributed by atoms with Gasteiger partial charge in [-0.15, -0.1) is 11.3 Å². The average Bonchev–Trinajstić information content (AvgIpc) is 2.80. The number of nitrogens with zero attached hydrogens (tertiary/aromatic N) is 1. The van der Waals surface area contributed by atoms with E-state index in [9.17, 15) is 0 Å². The van der Waals surface area contributed by atoms with Gasteiger partial charge in [0.05, 0.1) is 17.3 Å². The Morgan fingerprint density at radius 3 is 3.11 bits per heavy atom. The highest BCUT2D eigenvalue weighted by Crippen LogP contribution is 2.34. The van der Waals surface area contributed by atoms with Crippen molar-refractivity contribution in [2.45, 2.75) is 45.4 Å². The number of aromatic nitrogens is 1. The fraction of sp³-hybridized carbons (Fsp3) is 0.786. The first kappa shape index (κ1) is 14.0. The van der Waals surface area contributed by atoms with Crippen LogP contribution in [-0.2, 0) is 17.6 Å². The van der Waals surface area contributed by atoms with E-state index in [-0.39, 0.29) is 0 Å². The van der Waals surface area contributed by atoms with Crippen LogP contribution in [0.15, 0.2) is 0 Å². The molecule has 0 aromatic carbocycles. The summed E-state index contributed by atoms with van der Waals surface area (Å²) in [5.41, 5.74) is 1.37. The summed E-state index contributed by atoms with van der Waals surface area (Å²) in [6.45, 7) is 7.94. The predicted octanol–water partition coefficient (Wildman–Crippen LogP) is 2.75. The minimum Gasteiger partial charge on any atom is -0.381 e. The molecular formula is C14H24N2OS. The molecule has 2 rings (SSSR count). The molecule has 0 saturated heterocycles. The molecule has 18 heavy (non-hydrogen) atoms. The first-order chi connectivity index (χ1) is 8.85. The lowest BCUT2D eigenvalue weighted by Crippen LogP contribution is -2.24. The Bertz CT molecular complexity index is 365. The monoisotopic (exact) mass is 268 g/mol. The van der Waals surface area contributed by atoms with Gasteiger partial charge in [0.25, 0.3) is 0 Å². The number of hydrogen-bond donors (Lipinski definition) is 1. The van der Waals surface area contributed by atoms with Gasteiger partial charge in [0.2, 0.25) is 0 Å². The van der Waals surface area contributed by atoms with E-state index in [0.29, 0.717) is 5.92 Å². The van der Waals surface area contributed by atoms with Gasteiger partial charge >= 0.3 is 0 Å². The van der Waals surface area contributed by atoms with E-state index >= 15 is 0 Å². The number of aryl methyl sites for hydroxylation is 1. The first-order valence-corrected chi connectivity index (χ1v) is 7.93. The molecule has 1 aliphatic rings. The molecule has 1 aromatic rings. The Morgan fingerprint density at radius 2 is 2.33 bits per heavy atom. The van der Waals surface area contributed by atoms with Crippen LogP contribution in [0.4, 0.5) is 0 Å². The van der Waals surface area contributed by atoms with E-state index in [2.05, 4.69) is 12.2 Å². The summed E-state index contributed by atoms with van der Waals surface area (Å²) in [6.07, 6.45) is 4.80. The SMILES string of the molecule is CCNCC1CCCc2sc(CCOCC)nc21. The molecule has 0 amide bonds. The summed E-state index contributed by atoms with van der Waals surface area (Å²) < 4.78 is 5.42. The molecule has 0 fully saturated rings. The van der Waals surface area contributed by atoms with E-state index in [1.54, 1.807) is 0 Å². The summed E-state index contributed by atoms with van der Waals surface area (Å²) in [5.74, 6) is 0.630. The highest BCUT2D eigenvalue weighted by Gasteiger charge is 2.24. The standard InChI is InChI=1S/C14H24N2OS/c1-3-15-10-11-6-5-7-12-14(11)16-13(18-12)8-9-17-4-2/h11,15H,3-10H2,1-2H3. The van der Waals surface area contributed by atoms with Crippen LogP contribution >= 0.6 is 11.3 Å². The number of likely N-dealkylation sites (N-methyl/N-ethyl adjacent to an activating group) is 1. The summed E-state index contributed by atoms with van der Waals surface area (Å²) in [6, 6.07) is 0. The molecule has 0 aliphatic heterocycles. The normalized spacial score (nSPS) is 18.9. The molecule has 0 saturated carbocycles. The molecule has 1 unspecified atom stereocenters. The van der Waals surface area contributed by atoms with Crippen LogP contribution in [0.25, 0.3) is 0 Å². The van der Waals surface area contributed by atoms with Crippen molar-refractivity contribution in [3.05, 3.63) is 15.6 Å². The van der Waals surface area contributed by atoms with Crippen LogP contribution in [0.1, 0.15) is 48.2 Å². The van der Waals surface area contributed by atoms with E-state index < -0.39 is 0 Å². The second-order valence-electron chi connectivity index (χ2n) is 4.76. The number of nitrogens with one attached hydrogen (secondary N) is 1. The third kappa shape index (κ3) is 3.53. The predicted molar refractivity (Wildman–Crippen MR) is 76.5 cm³/mol. The smallest absolute Gasteiger partial charge is 0.0954 e. The molecule has 1 aromatic heterocycles. The number of fused-ring (bicyclic) bond motifs is 1. The van der Waals surface area contributed by atoms with Crippen LogP contribution < -0.4 is 5.32 Å². The van der Waals surface area contributed by atoms with E-state index in [0.717, 1.165) is 32.7 Å². The zero-order valence-corrected chi connectivity index (χ0v) is 12.3. The lowest BCUT2D eigenvalue weighted by atomic mass is 9.91. The van der Waals surface area contributed by atoms with Gasteiger partial charge in [-0.2, -0.15) is 0 Å². The zero-order valence-electron chi connectivity index (χ0n) is 11.5. The van der Waals surface area contributed by atoms with E-state index in [1.807, 2.05) is 18.3 Å². The Hall–Kier alpha value is -0.450. The molecule has 102 valence electrons.